The molecule has 0 aromatic carbocycles. The molecule has 0 saturated heterocycles. The molecular weight excluding hydrogens is 232 g/mol. The molecule has 4 nitrogen and oxygen atoms in total. The van der Waals surface area contributed by atoms with Gasteiger partial charge in [-0.1, -0.05) is 0 Å². The molecule has 0 radical (unpaired) electrons. The molecule has 2 aromatic rings. The zero-order valence-electron chi connectivity index (χ0n) is 8.57. The minimum atomic E-state index is 0.313. The Kier molecular flexibility index (Phi) is 3.02. The quantitative estimate of drug-likeness (QED) is 0.829. The van der Waals surface area contributed by atoms with Gasteiger partial charge in [-0.05, 0) is 25.4 Å². The van der Waals surface area contributed by atoms with Crippen LogP contribution in [0.4, 0.5) is 0 Å². The Labute approximate surface area is 96.9 Å². The van der Waals surface area contributed by atoms with Crippen molar-refractivity contribution in [1.82, 2.24) is 19.7 Å². The zero-order chi connectivity index (χ0) is 10.8. The van der Waals surface area contributed by atoms with E-state index in [2.05, 4.69) is 15.1 Å². The predicted molar refractivity (Wildman–Crippen MR) is 60.3 cm³/mol. The summed E-state index contributed by atoms with van der Waals surface area (Å²) in [6, 6.07) is 0. The van der Waals surface area contributed by atoms with Gasteiger partial charge in [0.2, 0.25) is 5.28 Å². The smallest absolute Gasteiger partial charge is 0.242 e. The van der Waals surface area contributed by atoms with Gasteiger partial charge in [-0.2, -0.15) is 0 Å². The SMILES string of the molecule is Cc1ncsc1CCn1nc(Cl)nc1C. The maximum Gasteiger partial charge on any atom is 0.242 e. The molecule has 0 saturated carbocycles. The minimum Gasteiger partial charge on any atom is -0.250 e. The highest BCUT2D eigenvalue weighted by molar-refractivity contribution is 7.09. The Morgan fingerprint density at radius 1 is 1.47 bits per heavy atom. The van der Waals surface area contributed by atoms with Crippen LogP contribution in [0.1, 0.15) is 16.4 Å². The molecule has 0 aliphatic heterocycles. The summed E-state index contributed by atoms with van der Waals surface area (Å²) < 4.78 is 1.82. The number of aromatic nitrogens is 4. The molecule has 15 heavy (non-hydrogen) atoms. The van der Waals surface area contributed by atoms with Gasteiger partial charge in [0.15, 0.2) is 0 Å². The van der Waals surface area contributed by atoms with E-state index < -0.39 is 0 Å². The van der Waals surface area contributed by atoms with E-state index in [1.165, 1.54) is 4.88 Å². The van der Waals surface area contributed by atoms with Crippen molar-refractivity contribution in [2.75, 3.05) is 0 Å². The fraction of sp³-hybridized carbons (Fsp3) is 0.444. The van der Waals surface area contributed by atoms with Gasteiger partial charge >= 0.3 is 0 Å². The summed E-state index contributed by atoms with van der Waals surface area (Å²) >= 11 is 7.38. The number of nitrogens with zero attached hydrogens (tertiary/aromatic N) is 4. The number of hydrogen-bond acceptors (Lipinski definition) is 4. The van der Waals surface area contributed by atoms with Gasteiger partial charge in [-0.25, -0.2) is 14.6 Å². The first-order valence-electron chi connectivity index (χ1n) is 4.62. The topological polar surface area (TPSA) is 43.6 Å². The van der Waals surface area contributed by atoms with Crippen molar-refractivity contribution in [3.8, 4) is 0 Å². The van der Waals surface area contributed by atoms with Crippen LogP contribution >= 0.6 is 22.9 Å². The van der Waals surface area contributed by atoms with Gasteiger partial charge in [0.25, 0.3) is 0 Å². The van der Waals surface area contributed by atoms with E-state index in [4.69, 9.17) is 11.6 Å². The molecule has 2 heterocycles. The third kappa shape index (κ3) is 2.35. The average Bonchev–Trinajstić information content (AvgIpc) is 2.70. The van der Waals surface area contributed by atoms with Gasteiger partial charge in [0.1, 0.15) is 5.82 Å². The Morgan fingerprint density at radius 3 is 2.80 bits per heavy atom. The standard InChI is InChI=1S/C9H11ClN4S/c1-6-8(15-5-11-6)3-4-14-7(2)12-9(10)13-14/h5H,3-4H2,1-2H3. The summed E-state index contributed by atoms with van der Waals surface area (Å²) in [4.78, 5) is 9.53. The van der Waals surface area contributed by atoms with Gasteiger partial charge < -0.3 is 0 Å². The highest BCUT2D eigenvalue weighted by Crippen LogP contribution is 2.14. The maximum absolute atomic E-state index is 5.70. The van der Waals surface area contributed by atoms with E-state index in [1.807, 2.05) is 24.0 Å². The molecule has 0 N–H and O–H groups in total. The lowest BCUT2D eigenvalue weighted by molar-refractivity contribution is 0.597. The second kappa shape index (κ2) is 4.28. The molecule has 0 atom stereocenters. The normalized spacial score (nSPS) is 10.9. The number of halogens is 1. The van der Waals surface area contributed by atoms with Crippen LogP contribution in [0.3, 0.4) is 0 Å². The number of aryl methyl sites for hydroxylation is 4. The predicted octanol–water partition coefficient (Wildman–Crippen LogP) is 2.25. The van der Waals surface area contributed by atoms with Crippen LogP contribution in [0.15, 0.2) is 5.51 Å². The zero-order valence-corrected chi connectivity index (χ0v) is 10.1. The molecule has 6 heteroatoms. The number of thiazole rings is 1. The Bertz CT molecular complexity index is 462. The van der Waals surface area contributed by atoms with E-state index in [-0.39, 0.29) is 0 Å². The first-order valence-corrected chi connectivity index (χ1v) is 5.88. The van der Waals surface area contributed by atoms with Crippen molar-refractivity contribution in [2.45, 2.75) is 26.8 Å². The van der Waals surface area contributed by atoms with Crippen molar-refractivity contribution >= 4 is 22.9 Å². The van der Waals surface area contributed by atoms with E-state index in [1.54, 1.807) is 11.3 Å². The van der Waals surface area contributed by atoms with Crippen LogP contribution in [0.2, 0.25) is 5.28 Å². The summed E-state index contributed by atoms with van der Waals surface area (Å²) in [5, 5.41) is 4.41. The van der Waals surface area contributed by atoms with Crippen LogP contribution < -0.4 is 0 Å². The molecule has 0 fully saturated rings. The van der Waals surface area contributed by atoms with E-state index >= 15 is 0 Å². The van der Waals surface area contributed by atoms with Crippen LogP contribution in [0.25, 0.3) is 0 Å². The van der Waals surface area contributed by atoms with E-state index in [9.17, 15) is 0 Å². The van der Waals surface area contributed by atoms with Crippen LogP contribution in [0.5, 0.6) is 0 Å². The van der Waals surface area contributed by atoms with Gasteiger partial charge in [0, 0.05) is 17.8 Å². The minimum absolute atomic E-state index is 0.313. The summed E-state index contributed by atoms with van der Waals surface area (Å²) in [6.45, 7) is 4.72. The highest BCUT2D eigenvalue weighted by Gasteiger charge is 2.06. The Morgan fingerprint density at radius 2 is 2.27 bits per heavy atom. The van der Waals surface area contributed by atoms with Gasteiger partial charge in [-0.15, -0.1) is 16.4 Å². The monoisotopic (exact) mass is 242 g/mol. The van der Waals surface area contributed by atoms with Crippen molar-refractivity contribution in [2.24, 2.45) is 0 Å². The maximum atomic E-state index is 5.70. The molecule has 0 unspecified atom stereocenters. The molecule has 0 amide bonds. The number of hydrogen-bond donors (Lipinski definition) is 0. The van der Waals surface area contributed by atoms with E-state index in [0.717, 1.165) is 24.5 Å². The van der Waals surface area contributed by atoms with Crippen LogP contribution in [-0.4, -0.2) is 19.7 Å². The average molecular weight is 243 g/mol. The van der Waals surface area contributed by atoms with Crippen molar-refractivity contribution in [1.29, 1.82) is 0 Å². The first-order chi connectivity index (χ1) is 7.16. The molecule has 0 bridgehead atoms. The molecule has 2 rings (SSSR count). The first kappa shape index (κ1) is 10.6. The fourth-order valence-corrected chi connectivity index (χ4v) is 2.35. The van der Waals surface area contributed by atoms with Crippen LogP contribution in [0, 0.1) is 13.8 Å². The highest BCUT2D eigenvalue weighted by atomic mass is 35.5. The Hall–Kier alpha value is -0.940. The van der Waals surface area contributed by atoms with Crippen molar-refractivity contribution in [3.63, 3.8) is 0 Å². The third-order valence-electron chi connectivity index (χ3n) is 2.23. The Balaban J connectivity index is 2.05. The molecular formula is C9H11ClN4S. The summed E-state index contributed by atoms with van der Waals surface area (Å²) in [5.41, 5.74) is 2.97. The lowest BCUT2D eigenvalue weighted by Gasteiger charge is -2.01. The molecule has 2 aromatic heterocycles. The summed E-state index contributed by atoms with van der Waals surface area (Å²) in [6.07, 6.45) is 0.928. The fourth-order valence-electron chi connectivity index (χ4n) is 1.37. The molecule has 0 spiro atoms. The summed E-state index contributed by atoms with van der Waals surface area (Å²) in [5.74, 6) is 0.849. The number of rotatable bonds is 3. The molecule has 80 valence electrons. The second-order valence-corrected chi connectivity index (χ2v) is 4.54. The lowest BCUT2D eigenvalue weighted by atomic mass is 10.3. The van der Waals surface area contributed by atoms with Crippen LogP contribution in [-0.2, 0) is 13.0 Å². The third-order valence-corrected chi connectivity index (χ3v) is 3.38. The summed E-state index contributed by atoms with van der Waals surface area (Å²) in [7, 11) is 0. The van der Waals surface area contributed by atoms with Crippen molar-refractivity contribution < 1.29 is 0 Å². The van der Waals surface area contributed by atoms with Gasteiger partial charge in [0.05, 0.1) is 11.2 Å². The lowest BCUT2D eigenvalue weighted by Crippen LogP contribution is -2.05. The second-order valence-electron chi connectivity index (χ2n) is 3.26. The van der Waals surface area contributed by atoms with E-state index in [0.29, 0.717) is 5.28 Å². The molecule has 0 aliphatic carbocycles. The van der Waals surface area contributed by atoms with Gasteiger partial charge in [-0.3, -0.25) is 0 Å². The largest absolute Gasteiger partial charge is 0.250 e. The van der Waals surface area contributed by atoms with Crippen molar-refractivity contribution in [3.05, 3.63) is 27.2 Å². The molecule has 0 aliphatic rings.